The van der Waals surface area contributed by atoms with Gasteiger partial charge in [-0.3, -0.25) is 0 Å². The van der Waals surface area contributed by atoms with Crippen molar-refractivity contribution in [2.75, 3.05) is 13.1 Å². The third kappa shape index (κ3) is 6.44. The fourth-order valence-corrected chi connectivity index (χ4v) is 3.76. The molecule has 0 atom stereocenters. The topological polar surface area (TPSA) is 96.6 Å². The van der Waals surface area contributed by atoms with Gasteiger partial charge < -0.3 is 10.6 Å². The number of guanidine groups is 1. The van der Waals surface area contributed by atoms with E-state index in [9.17, 15) is 8.42 Å². The molecule has 0 bridgehead atoms. The number of nitrogens with zero attached hydrogens (tertiary/aromatic N) is 1. The number of hydrogen-bond donors (Lipinski definition) is 3. The molecule has 1 heterocycles. The fraction of sp³-hybridized carbons (Fsp3) is 0.389. The normalized spacial score (nSPS) is 12.2. The Balaban J connectivity index is 1.88. The molecule has 0 amide bonds. The highest BCUT2D eigenvalue weighted by Crippen LogP contribution is 2.17. The van der Waals surface area contributed by atoms with Crippen LogP contribution in [0.4, 0.5) is 0 Å². The van der Waals surface area contributed by atoms with Crippen molar-refractivity contribution >= 4 is 27.3 Å². The maximum absolute atomic E-state index is 11.3. The van der Waals surface area contributed by atoms with Crippen LogP contribution in [-0.2, 0) is 29.4 Å². The van der Waals surface area contributed by atoms with Crippen molar-refractivity contribution in [2.45, 2.75) is 38.1 Å². The van der Waals surface area contributed by atoms with Crippen molar-refractivity contribution < 1.29 is 8.42 Å². The summed E-state index contributed by atoms with van der Waals surface area (Å²) in [4.78, 5) is 7.37. The van der Waals surface area contributed by atoms with Crippen LogP contribution in [0.25, 0.3) is 0 Å². The molecule has 0 unspecified atom stereocenters. The Morgan fingerprint density at radius 1 is 1.08 bits per heavy atom. The molecule has 0 spiro atoms. The van der Waals surface area contributed by atoms with Gasteiger partial charge in [0.25, 0.3) is 0 Å². The lowest BCUT2D eigenvalue weighted by atomic mass is 10.1. The van der Waals surface area contributed by atoms with Gasteiger partial charge in [-0.05, 0) is 49.6 Å². The molecular formula is C18H26N4O2S2. The minimum atomic E-state index is -3.64. The predicted octanol–water partition coefficient (Wildman–Crippen LogP) is 2.26. The van der Waals surface area contributed by atoms with Crippen LogP contribution in [-0.4, -0.2) is 27.5 Å². The third-order valence-corrected chi connectivity index (χ3v) is 5.90. The zero-order valence-corrected chi connectivity index (χ0v) is 16.8. The number of nitrogens with two attached hydrogens (primary N) is 1. The highest BCUT2D eigenvalue weighted by molar-refractivity contribution is 7.89. The third-order valence-electron chi connectivity index (χ3n) is 3.76. The van der Waals surface area contributed by atoms with E-state index in [0.717, 1.165) is 30.9 Å². The molecule has 2 aromatic rings. The molecule has 0 fully saturated rings. The standard InChI is InChI=1S/C18H26N4O2S2/c1-3-15-7-8-16(25-15)13-22-18(20-4-2)21-12-11-14-5-9-17(10-6-14)26(19,23)24/h5-10H,3-4,11-13H2,1-2H3,(H2,19,23,24)(H2,20,21,22). The lowest BCUT2D eigenvalue weighted by Gasteiger charge is -2.11. The smallest absolute Gasteiger partial charge is 0.238 e. The van der Waals surface area contributed by atoms with Gasteiger partial charge in [0.15, 0.2) is 5.96 Å². The molecule has 26 heavy (non-hydrogen) atoms. The summed E-state index contributed by atoms with van der Waals surface area (Å²) in [5, 5.41) is 11.7. The Hall–Kier alpha value is -1.90. The number of primary sulfonamides is 1. The Bertz CT molecular complexity index is 827. The first kappa shape index (κ1) is 20.4. The highest BCUT2D eigenvalue weighted by Gasteiger charge is 2.06. The van der Waals surface area contributed by atoms with Gasteiger partial charge in [0.05, 0.1) is 11.4 Å². The Labute approximate surface area is 159 Å². The van der Waals surface area contributed by atoms with E-state index in [1.165, 1.54) is 21.9 Å². The van der Waals surface area contributed by atoms with E-state index >= 15 is 0 Å². The van der Waals surface area contributed by atoms with Crippen LogP contribution in [0.3, 0.4) is 0 Å². The molecule has 0 radical (unpaired) electrons. The summed E-state index contributed by atoms with van der Waals surface area (Å²) in [5.74, 6) is 0.778. The zero-order chi connectivity index (χ0) is 19.0. The monoisotopic (exact) mass is 394 g/mol. The van der Waals surface area contributed by atoms with Crippen molar-refractivity contribution in [2.24, 2.45) is 10.1 Å². The summed E-state index contributed by atoms with van der Waals surface area (Å²) in [6.07, 6.45) is 1.81. The van der Waals surface area contributed by atoms with Crippen LogP contribution < -0.4 is 15.8 Å². The molecule has 0 aliphatic rings. The molecule has 2 rings (SSSR count). The molecule has 0 saturated carbocycles. The fourth-order valence-electron chi connectivity index (χ4n) is 2.37. The lowest BCUT2D eigenvalue weighted by Crippen LogP contribution is -2.38. The van der Waals surface area contributed by atoms with Gasteiger partial charge in [-0.1, -0.05) is 19.1 Å². The first-order valence-electron chi connectivity index (χ1n) is 8.64. The van der Waals surface area contributed by atoms with Crippen molar-refractivity contribution in [3.8, 4) is 0 Å². The van der Waals surface area contributed by atoms with Gasteiger partial charge in [0.2, 0.25) is 10.0 Å². The molecule has 0 saturated heterocycles. The van der Waals surface area contributed by atoms with E-state index in [4.69, 9.17) is 5.14 Å². The molecule has 0 aliphatic carbocycles. The number of nitrogens with one attached hydrogen (secondary N) is 2. The molecule has 4 N–H and O–H groups in total. The minimum Gasteiger partial charge on any atom is -0.357 e. The second-order valence-electron chi connectivity index (χ2n) is 5.78. The van der Waals surface area contributed by atoms with Crippen molar-refractivity contribution in [3.63, 3.8) is 0 Å². The van der Waals surface area contributed by atoms with Gasteiger partial charge in [0, 0.05) is 22.8 Å². The van der Waals surface area contributed by atoms with Crippen LogP contribution >= 0.6 is 11.3 Å². The predicted molar refractivity (Wildman–Crippen MR) is 108 cm³/mol. The Kier molecular flexibility index (Phi) is 7.62. The SMILES string of the molecule is CCNC(=NCc1ccc(CC)s1)NCCc1ccc(S(N)(=O)=O)cc1. The Morgan fingerprint density at radius 3 is 2.35 bits per heavy atom. The number of benzene rings is 1. The van der Waals surface area contributed by atoms with Gasteiger partial charge in [-0.25, -0.2) is 18.5 Å². The van der Waals surface area contributed by atoms with Crippen LogP contribution in [0, 0.1) is 0 Å². The number of rotatable bonds is 8. The molecule has 0 aliphatic heterocycles. The first-order valence-corrected chi connectivity index (χ1v) is 11.0. The van der Waals surface area contributed by atoms with E-state index < -0.39 is 10.0 Å². The van der Waals surface area contributed by atoms with Crippen molar-refractivity contribution in [3.05, 3.63) is 51.7 Å². The molecule has 8 heteroatoms. The first-order chi connectivity index (χ1) is 12.4. The maximum atomic E-state index is 11.3. The van der Waals surface area contributed by atoms with E-state index in [-0.39, 0.29) is 4.90 Å². The summed E-state index contributed by atoms with van der Waals surface area (Å²) in [6.45, 7) is 6.33. The van der Waals surface area contributed by atoms with Crippen LogP contribution in [0.2, 0.25) is 0 Å². The number of aryl methyl sites for hydroxylation is 1. The summed E-state index contributed by atoms with van der Waals surface area (Å²) in [5.41, 5.74) is 1.03. The van der Waals surface area contributed by atoms with Gasteiger partial charge in [-0.15, -0.1) is 11.3 Å². The summed E-state index contributed by atoms with van der Waals surface area (Å²) >= 11 is 1.79. The largest absolute Gasteiger partial charge is 0.357 e. The molecule has 1 aromatic carbocycles. The van der Waals surface area contributed by atoms with Gasteiger partial charge >= 0.3 is 0 Å². The maximum Gasteiger partial charge on any atom is 0.238 e. The Morgan fingerprint density at radius 2 is 1.77 bits per heavy atom. The average molecular weight is 395 g/mol. The van der Waals surface area contributed by atoms with E-state index in [0.29, 0.717) is 13.1 Å². The minimum absolute atomic E-state index is 0.131. The second kappa shape index (κ2) is 9.70. The number of hydrogen-bond acceptors (Lipinski definition) is 4. The van der Waals surface area contributed by atoms with Crippen LogP contribution in [0.1, 0.15) is 29.2 Å². The second-order valence-corrected chi connectivity index (χ2v) is 8.60. The quantitative estimate of drug-likeness (QED) is 0.473. The van der Waals surface area contributed by atoms with E-state index in [1.54, 1.807) is 23.5 Å². The summed E-state index contributed by atoms with van der Waals surface area (Å²) in [6, 6.07) is 10.9. The van der Waals surface area contributed by atoms with Crippen molar-refractivity contribution in [1.29, 1.82) is 0 Å². The molecular weight excluding hydrogens is 368 g/mol. The zero-order valence-electron chi connectivity index (χ0n) is 15.2. The summed E-state index contributed by atoms with van der Waals surface area (Å²) < 4.78 is 22.5. The molecule has 142 valence electrons. The number of thiophene rings is 1. The number of aliphatic imine (C=N–C) groups is 1. The lowest BCUT2D eigenvalue weighted by molar-refractivity contribution is 0.598. The van der Waals surface area contributed by atoms with Gasteiger partial charge in [0.1, 0.15) is 0 Å². The average Bonchev–Trinajstić information content (AvgIpc) is 3.07. The molecule has 6 nitrogen and oxygen atoms in total. The summed E-state index contributed by atoms with van der Waals surface area (Å²) in [7, 11) is -3.64. The van der Waals surface area contributed by atoms with Crippen molar-refractivity contribution in [1.82, 2.24) is 10.6 Å². The van der Waals surface area contributed by atoms with E-state index in [1.807, 2.05) is 6.92 Å². The van der Waals surface area contributed by atoms with Crippen LogP contribution in [0.5, 0.6) is 0 Å². The molecule has 1 aromatic heterocycles. The number of sulfonamides is 1. The van der Waals surface area contributed by atoms with Gasteiger partial charge in [-0.2, -0.15) is 0 Å². The van der Waals surface area contributed by atoms with Crippen LogP contribution in [0.15, 0.2) is 46.3 Å². The highest BCUT2D eigenvalue weighted by atomic mass is 32.2. The van der Waals surface area contributed by atoms with E-state index in [2.05, 4.69) is 34.7 Å².